The zero-order chi connectivity index (χ0) is 7.56. The van der Waals surface area contributed by atoms with E-state index in [9.17, 15) is 0 Å². The van der Waals surface area contributed by atoms with Crippen LogP contribution in [0.3, 0.4) is 0 Å². The zero-order valence-corrected chi connectivity index (χ0v) is 6.91. The van der Waals surface area contributed by atoms with E-state index < -0.39 is 0 Å². The standard InChI is InChI=1S/C7H15N3/c1-7-4-5-10(7)9(3)6-8-2/h6-7H,4-5H2,1-3H3. The Bertz CT molecular complexity index is 133. The Morgan fingerprint density at radius 1 is 1.70 bits per heavy atom. The van der Waals surface area contributed by atoms with Crippen molar-refractivity contribution in [2.45, 2.75) is 19.4 Å². The van der Waals surface area contributed by atoms with Gasteiger partial charge in [-0.2, -0.15) is 0 Å². The Morgan fingerprint density at radius 3 is 2.70 bits per heavy atom. The normalized spacial score (nSPS) is 26.9. The van der Waals surface area contributed by atoms with E-state index in [1.54, 1.807) is 7.05 Å². The molecule has 0 amide bonds. The third-order valence-corrected chi connectivity index (χ3v) is 1.97. The lowest BCUT2D eigenvalue weighted by Crippen LogP contribution is -2.53. The molecule has 0 aromatic rings. The van der Waals surface area contributed by atoms with E-state index in [1.165, 1.54) is 13.0 Å². The molecule has 0 radical (unpaired) electrons. The lowest BCUT2D eigenvalue weighted by atomic mass is 10.1. The molecule has 0 N–H and O–H groups in total. The molecular weight excluding hydrogens is 126 g/mol. The summed E-state index contributed by atoms with van der Waals surface area (Å²) in [6.45, 7) is 3.40. The van der Waals surface area contributed by atoms with Crippen LogP contribution in [0.15, 0.2) is 4.99 Å². The number of aliphatic imine (C=N–C) groups is 1. The van der Waals surface area contributed by atoms with Gasteiger partial charge in [0.15, 0.2) is 0 Å². The summed E-state index contributed by atoms with van der Waals surface area (Å²) in [7, 11) is 3.82. The van der Waals surface area contributed by atoms with Gasteiger partial charge in [0, 0.05) is 26.7 Å². The molecule has 58 valence electrons. The molecule has 1 fully saturated rings. The lowest BCUT2D eigenvalue weighted by Gasteiger charge is -2.43. The maximum absolute atomic E-state index is 3.93. The van der Waals surface area contributed by atoms with E-state index in [2.05, 4.69) is 16.9 Å². The first kappa shape index (κ1) is 7.54. The molecule has 1 unspecified atom stereocenters. The van der Waals surface area contributed by atoms with Gasteiger partial charge >= 0.3 is 0 Å². The molecule has 0 saturated carbocycles. The van der Waals surface area contributed by atoms with E-state index in [1.807, 2.05) is 18.4 Å². The maximum Gasteiger partial charge on any atom is 0.0988 e. The van der Waals surface area contributed by atoms with Gasteiger partial charge in [-0.3, -0.25) is 10.0 Å². The number of rotatable bonds is 2. The first-order valence-electron chi connectivity index (χ1n) is 3.67. The second-order valence-corrected chi connectivity index (χ2v) is 2.75. The van der Waals surface area contributed by atoms with Crippen molar-refractivity contribution in [3.8, 4) is 0 Å². The fourth-order valence-corrected chi connectivity index (χ4v) is 1.20. The van der Waals surface area contributed by atoms with Crippen molar-refractivity contribution in [2.75, 3.05) is 20.6 Å². The van der Waals surface area contributed by atoms with E-state index in [0.717, 1.165) is 0 Å². The van der Waals surface area contributed by atoms with Crippen LogP contribution in [0.5, 0.6) is 0 Å². The van der Waals surface area contributed by atoms with Gasteiger partial charge in [-0.1, -0.05) is 0 Å². The fourth-order valence-electron chi connectivity index (χ4n) is 1.20. The first-order chi connectivity index (χ1) is 4.75. The van der Waals surface area contributed by atoms with Gasteiger partial charge in [-0.05, 0) is 13.3 Å². The largest absolute Gasteiger partial charge is 0.299 e. The van der Waals surface area contributed by atoms with Gasteiger partial charge < -0.3 is 0 Å². The number of hydrazine groups is 1. The summed E-state index contributed by atoms with van der Waals surface area (Å²) >= 11 is 0. The molecule has 0 bridgehead atoms. The predicted molar refractivity (Wildman–Crippen MR) is 43.0 cm³/mol. The van der Waals surface area contributed by atoms with Crippen molar-refractivity contribution >= 4 is 6.34 Å². The Labute approximate surface area is 62.3 Å². The fraction of sp³-hybridized carbons (Fsp3) is 0.857. The number of hydrogen-bond acceptors (Lipinski definition) is 2. The Morgan fingerprint density at radius 2 is 2.40 bits per heavy atom. The molecule has 1 saturated heterocycles. The second-order valence-electron chi connectivity index (χ2n) is 2.75. The van der Waals surface area contributed by atoms with Crippen molar-refractivity contribution in [1.29, 1.82) is 0 Å². The van der Waals surface area contributed by atoms with Crippen LogP contribution < -0.4 is 0 Å². The van der Waals surface area contributed by atoms with Crippen LogP contribution in [-0.2, 0) is 0 Å². The van der Waals surface area contributed by atoms with Gasteiger partial charge in [0.05, 0.1) is 6.34 Å². The topological polar surface area (TPSA) is 18.8 Å². The van der Waals surface area contributed by atoms with Gasteiger partial charge in [-0.15, -0.1) is 0 Å². The van der Waals surface area contributed by atoms with Crippen molar-refractivity contribution in [2.24, 2.45) is 4.99 Å². The average molecular weight is 141 g/mol. The van der Waals surface area contributed by atoms with E-state index in [4.69, 9.17) is 0 Å². The van der Waals surface area contributed by atoms with Crippen molar-refractivity contribution < 1.29 is 0 Å². The molecule has 1 aliphatic rings. The highest BCUT2D eigenvalue weighted by Crippen LogP contribution is 2.16. The molecule has 0 aromatic carbocycles. The Balaban J connectivity index is 2.34. The summed E-state index contributed by atoms with van der Waals surface area (Å²) in [6, 6.07) is 0.697. The highest BCUT2D eigenvalue weighted by atomic mass is 15.6. The molecule has 10 heavy (non-hydrogen) atoms. The van der Waals surface area contributed by atoms with Crippen molar-refractivity contribution in [1.82, 2.24) is 10.0 Å². The molecule has 3 heteroatoms. The lowest BCUT2D eigenvalue weighted by molar-refractivity contribution is -0.0406. The summed E-state index contributed by atoms with van der Waals surface area (Å²) in [4.78, 5) is 3.93. The number of nitrogens with zero attached hydrogens (tertiary/aromatic N) is 3. The molecular formula is C7H15N3. The van der Waals surface area contributed by atoms with Gasteiger partial charge in [0.25, 0.3) is 0 Å². The first-order valence-corrected chi connectivity index (χ1v) is 3.67. The highest BCUT2D eigenvalue weighted by molar-refractivity contribution is 5.53. The third-order valence-electron chi connectivity index (χ3n) is 1.97. The minimum absolute atomic E-state index is 0.697. The van der Waals surface area contributed by atoms with Crippen LogP contribution in [0.25, 0.3) is 0 Å². The molecule has 1 heterocycles. The maximum atomic E-state index is 3.93. The SMILES string of the molecule is CN=CN(C)N1CCC1C. The minimum Gasteiger partial charge on any atom is -0.299 e. The third kappa shape index (κ3) is 1.29. The van der Waals surface area contributed by atoms with Crippen LogP contribution in [0.2, 0.25) is 0 Å². The average Bonchev–Trinajstić information content (AvgIpc) is 1.85. The smallest absolute Gasteiger partial charge is 0.0988 e. The van der Waals surface area contributed by atoms with Crippen LogP contribution >= 0.6 is 0 Å². The molecule has 1 rings (SSSR count). The predicted octanol–water partition coefficient (Wildman–Crippen LogP) is 0.585. The molecule has 3 nitrogen and oxygen atoms in total. The minimum atomic E-state index is 0.697. The Kier molecular flexibility index (Phi) is 2.27. The van der Waals surface area contributed by atoms with E-state index >= 15 is 0 Å². The molecule has 0 spiro atoms. The summed E-state index contributed by atoms with van der Waals surface area (Å²) in [5, 5.41) is 4.33. The van der Waals surface area contributed by atoms with Crippen LogP contribution in [0.1, 0.15) is 13.3 Å². The second kappa shape index (κ2) is 3.01. The summed E-state index contributed by atoms with van der Waals surface area (Å²) in [5.41, 5.74) is 0. The van der Waals surface area contributed by atoms with Gasteiger partial charge in [0.1, 0.15) is 0 Å². The van der Waals surface area contributed by atoms with E-state index in [0.29, 0.717) is 6.04 Å². The zero-order valence-electron chi connectivity index (χ0n) is 6.91. The summed E-state index contributed by atoms with van der Waals surface area (Å²) in [5.74, 6) is 0. The molecule has 1 atom stereocenters. The number of hydrogen-bond donors (Lipinski definition) is 0. The molecule has 1 aliphatic heterocycles. The van der Waals surface area contributed by atoms with Gasteiger partial charge in [-0.25, -0.2) is 5.01 Å². The van der Waals surface area contributed by atoms with Crippen LogP contribution in [0, 0.1) is 0 Å². The Hall–Kier alpha value is -0.570. The summed E-state index contributed by atoms with van der Waals surface area (Å²) < 4.78 is 0. The summed E-state index contributed by atoms with van der Waals surface area (Å²) in [6.07, 6.45) is 3.15. The van der Waals surface area contributed by atoms with Crippen molar-refractivity contribution in [3.63, 3.8) is 0 Å². The monoisotopic (exact) mass is 141 g/mol. The van der Waals surface area contributed by atoms with Crippen molar-refractivity contribution in [3.05, 3.63) is 0 Å². The molecule has 0 aliphatic carbocycles. The van der Waals surface area contributed by atoms with Crippen LogP contribution in [-0.4, -0.2) is 43.0 Å². The van der Waals surface area contributed by atoms with Gasteiger partial charge in [0.2, 0.25) is 0 Å². The van der Waals surface area contributed by atoms with Crippen LogP contribution in [0.4, 0.5) is 0 Å². The quantitative estimate of drug-likeness (QED) is 0.414. The highest BCUT2D eigenvalue weighted by Gasteiger charge is 2.25. The van der Waals surface area contributed by atoms with E-state index in [-0.39, 0.29) is 0 Å². The molecule has 0 aromatic heterocycles.